The minimum absolute atomic E-state index is 0.214. The Bertz CT molecular complexity index is 346. The minimum Gasteiger partial charge on any atom is -0.466 e. The molecule has 0 spiro atoms. The average Bonchev–Trinajstić information content (AvgIpc) is 2.39. The maximum atomic E-state index is 11.2. The lowest BCUT2D eigenvalue weighted by atomic mass is 10.3. The summed E-state index contributed by atoms with van der Waals surface area (Å²) in [4.78, 5) is 33.1. The van der Waals surface area contributed by atoms with Crippen molar-refractivity contribution in [1.29, 1.82) is 0 Å². The molecular formula is C14H22O6. The van der Waals surface area contributed by atoms with Gasteiger partial charge in [-0.25, -0.2) is 9.59 Å². The van der Waals surface area contributed by atoms with Crippen LogP contribution >= 0.6 is 0 Å². The highest BCUT2D eigenvalue weighted by Gasteiger charge is 2.03. The monoisotopic (exact) mass is 286 g/mol. The van der Waals surface area contributed by atoms with Crippen molar-refractivity contribution in [3.8, 4) is 0 Å². The predicted octanol–water partition coefficient (Wildman–Crippen LogP) is 1.77. The third-order valence-electron chi connectivity index (χ3n) is 2.04. The third kappa shape index (κ3) is 11.3. The van der Waals surface area contributed by atoms with Crippen molar-refractivity contribution >= 4 is 17.9 Å². The summed E-state index contributed by atoms with van der Waals surface area (Å²) in [6, 6.07) is 0. The van der Waals surface area contributed by atoms with Gasteiger partial charge < -0.3 is 14.2 Å². The molecule has 0 heterocycles. The fourth-order valence-corrected chi connectivity index (χ4v) is 1.12. The molecule has 0 unspecified atom stereocenters. The number of esters is 3. The topological polar surface area (TPSA) is 78.9 Å². The highest BCUT2D eigenvalue weighted by molar-refractivity contribution is 5.91. The predicted molar refractivity (Wildman–Crippen MR) is 71.8 cm³/mol. The van der Waals surface area contributed by atoms with E-state index in [1.807, 2.05) is 0 Å². The Hall–Kier alpha value is -1.85. The van der Waals surface area contributed by atoms with E-state index in [1.54, 1.807) is 20.8 Å². The zero-order valence-electron chi connectivity index (χ0n) is 12.2. The second kappa shape index (κ2) is 11.0. The van der Waals surface area contributed by atoms with E-state index in [0.717, 1.165) is 12.2 Å². The van der Waals surface area contributed by atoms with Crippen LogP contribution < -0.4 is 0 Å². The molecule has 0 fully saturated rings. The average molecular weight is 286 g/mol. The van der Waals surface area contributed by atoms with Crippen LogP contribution in [-0.4, -0.2) is 37.2 Å². The maximum absolute atomic E-state index is 11.2. The van der Waals surface area contributed by atoms with Gasteiger partial charge in [0, 0.05) is 18.6 Å². The van der Waals surface area contributed by atoms with Gasteiger partial charge in [0.25, 0.3) is 0 Å². The van der Waals surface area contributed by atoms with E-state index in [9.17, 15) is 14.4 Å². The summed E-state index contributed by atoms with van der Waals surface area (Å²) in [5.41, 5.74) is 0. The number of unbranched alkanes of at least 4 members (excludes halogenated alkanes) is 1. The van der Waals surface area contributed by atoms with E-state index >= 15 is 0 Å². The van der Waals surface area contributed by atoms with Gasteiger partial charge >= 0.3 is 17.9 Å². The number of carbonyl (C=O) groups is 3. The zero-order chi connectivity index (χ0) is 15.4. The SMILES string of the molecule is CCC(=O)OCCCCOC(=O)/C=C/C(=O)OC(C)C. The second-order valence-electron chi connectivity index (χ2n) is 4.27. The van der Waals surface area contributed by atoms with Gasteiger partial charge in [-0.05, 0) is 26.7 Å². The molecule has 0 atom stereocenters. The first-order chi connectivity index (χ1) is 9.45. The first-order valence-electron chi connectivity index (χ1n) is 6.66. The minimum atomic E-state index is -0.601. The Balaban J connectivity index is 3.61. The molecule has 0 radical (unpaired) electrons. The summed E-state index contributed by atoms with van der Waals surface area (Å²) >= 11 is 0. The van der Waals surface area contributed by atoms with Crippen molar-refractivity contribution in [3.63, 3.8) is 0 Å². The van der Waals surface area contributed by atoms with Gasteiger partial charge in [0.1, 0.15) is 0 Å². The molecule has 0 rings (SSSR count). The van der Waals surface area contributed by atoms with E-state index in [4.69, 9.17) is 14.2 Å². The van der Waals surface area contributed by atoms with Gasteiger partial charge in [-0.1, -0.05) is 6.92 Å². The number of rotatable bonds is 9. The van der Waals surface area contributed by atoms with Crippen LogP contribution in [0.1, 0.15) is 40.0 Å². The first kappa shape index (κ1) is 18.1. The van der Waals surface area contributed by atoms with Crippen molar-refractivity contribution in [2.75, 3.05) is 13.2 Å². The van der Waals surface area contributed by atoms with Crippen LogP contribution in [0.5, 0.6) is 0 Å². The summed E-state index contributed by atoms with van der Waals surface area (Å²) in [5, 5.41) is 0. The van der Waals surface area contributed by atoms with Crippen molar-refractivity contribution < 1.29 is 28.6 Å². The molecule has 0 aromatic heterocycles. The lowest BCUT2D eigenvalue weighted by Gasteiger charge is -2.04. The van der Waals surface area contributed by atoms with Gasteiger partial charge in [0.05, 0.1) is 19.3 Å². The Morgan fingerprint density at radius 3 is 2.05 bits per heavy atom. The molecule has 6 nitrogen and oxygen atoms in total. The Morgan fingerprint density at radius 1 is 0.950 bits per heavy atom. The highest BCUT2D eigenvalue weighted by Crippen LogP contribution is 1.95. The van der Waals surface area contributed by atoms with E-state index < -0.39 is 11.9 Å². The van der Waals surface area contributed by atoms with E-state index in [0.29, 0.717) is 25.9 Å². The fourth-order valence-electron chi connectivity index (χ4n) is 1.12. The molecular weight excluding hydrogens is 264 g/mol. The maximum Gasteiger partial charge on any atom is 0.331 e. The molecule has 114 valence electrons. The number of hydrogen-bond donors (Lipinski definition) is 0. The Labute approximate surface area is 119 Å². The Morgan fingerprint density at radius 2 is 1.50 bits per heavy atom. The summed E-state index contributed by atoms with van der Waals surface area (Å²) in [5.74, 6) is -1.42. The van der Waals surface area contributed by atoms with E-state index in [2.05, 4.69) is 0 Å². The van der Waals surface area contributed by atoms with Crippen LogP contribution in [0.25, 0.3) is 0 Å². The number of ether oxygens (including phenoxy) is 3. The van der Waals surface area contributed by atoms with Crippen molar-refractivity contribution in [2.45, 2.75) is 46.1 Å². The molecule has 0 bridgehead atoms. The molecule has 0 aliphatic rings. The smallest absolute Gasteiger partial charge is 0.331 e. The summed E-state index contributed by atoms with van der Waals surface area (Å²) in [7, 11) is 0. The lowest BCUT2D eigenvalue weighted by molar-refractivity contribution is -0.144. The zero-order valence-corrected chi connectivity index (χ0v) is 12.2. The number of hydrogen-bond acceptors (Lipinski definition) is 6. The molecule has 0 saturated heterocycles. The molecule has 0 aliphatic carbocycles. The molecule has 20 heavy (non-hydrogen) atoms. The van der Waals surface area contributed by atoms with E-state index in [-0.39, 0.29) is 18.7 Å². The normalized spacial score (nSPS) is 10.6. The molecule has 0 N–H and O–H groups in total. The highest BCUT2D eigenvalue weighted by atomic mass is 16.5. The van der Waals surface area contributed by atoms with Gasteiger partial charge in [0.15, 0.2) is 0 Å². The number of carbonyl (C=O) groups excluding carboxylic acids is 3. The van der Waals surface area contributed by atoms with Crippen molar-refractivity contribution in [1.82, 2.24) is 0 Å². The molecule has 0 aromatic carbocycles. The van der Waals surface area contributed by atoms with Crippen LogP contribution in [-0.2, 0) is 28.6 Å². The standard InChI is InChI=1S/C14H22O6/c1-4-12(15)18-9-5-6-10-19-13(16)7-8-14(17)20-11(2)3/h7-8,11H,4-6,9-10H2,1-3H3/b8-7+. The summed E-state index contributed by atoms with van der Waals surface area (Å²) in [6.07, 6.45) is 3.40. The van der Waals surface area contributed by atoms with Gasteiger partial charge in [-0.3, -0.25) is 4.79 Å². The lowest BCUT2D eigenvalue weighted by Crippen LogP contribution is -2.10. The first-order valence-corrected chi connectivity index (χ1v) is 6.66. The molecule has 0 amide bonds. The van der Waals surface area contributed by atoms with Crippen LogP contribution in [0.2, 0.25) is 0 Å². The van der Waals surface area contributed by atoms with Gasteiger partial charge in [0.2, 0.25) is 0 Å². The molecule has 0 aliphatic heterocycles. The second-order valence-corrected chi connectivity index (χ2v) is 4.27. The van der Waals surface area contributed by atoms with Crippen LogP contribution in [0.4, 0.5) is 0 Å². The van der Waals surface area contributed by atoms with Crippen LogP contribution in [0, 0.1) is 0 Å². The Kier molecular flexibility index (Phi) is 10.00. The van der Waals surface area contributed by atoms with Crippen molar-refractivity contribution in [3.05, 3.63) is 12.2 Å². The van der Waals surface area contributed by atoms with Crippen LogP contribution in [0.15, 0.2) is 12.2 Å². The fraction of sp³-hybridized carbons (Fsp3) is 0.643. The van der Waals surface area contributed by atoms with Crippen LogP contribution in [0.3, 0.4) is 0 Å². The molecule has 0 aromatic rings. The van der Waals surface area contributed by atoms with E-state index in [1.165, 1.54) is 0 Å². The quantitative estimate of drug-likeness (QED) is 0.278. The largest absolute Gasteiger partial charge is 0.466 e. The summed E-state index contributed by atoms with van der Waals surface area (Å²) in [6.45, 7) is 5.69. The van der Waals surface area contributed by atoms with Crippen molar-refractivity contribution in [2.24, 2.45) is 0 Å². The summed E-state index contributed by atoms with van der Waals surface area (Å²) < 4.78 is 14.5. The van der Waals surface area contributed by atoms with Gasteiger partial charge in [-0.15, -0.1) is 0 Å². The third-order valence-corrected chi connectivity index (χ3v) is 2.04. The molecule has 6 heteroatoms. The molecule has 0 saturated carbocycles. The van der Waals surface area contributed by atoms with Gasteiger partial charge in [-0.2, -0.15) is 0 Å².